The van der Waals surface area contributed by atoms with E-state index in [4.69, 9.17) is 0 Å². The van der Waals surface area contributed by atoms with Gasteiger partial charge in [-0.05, 0) is 19.5 Å². The predicted molar refractivity (Wildman–Crippen MR) is 36.0 cm³/mol. The van der Waals surface area contributed by atoms with Crippen LogP contribution in [0.25, 0.3) is 0 Å². The zero-order chi connectivity index (χ0) is 6.69. The maximum absolute atomic E-state index is 10.5. The molecule has 50 valence electrons. The number of Topliss-reactive ketones (excluding diaryl/α,β-unsaturated/α-hetero) is 1. The molecule has 2 heteroatoms. The average molecular weight is 125 g/mol. The minimum absolute atomic E-state index is 0.260. The molecule has 0 radical (unpaired) electrons. The van der Waals surface area contributed by atoms with Gasteiger partial charge in [0.15, 0.2) is 0 Å². The summed E-state index contributed by atoms with van der Waals surface area (Å²) in [5.41, 5.74) is 0. The Morgan fingerprint density at radius 3 is 3.11 bits per heavy atom. The molecule has 1 aliphatic rings. The molecule has 0 bridgehead atoms. The molecular weight excluding hydrogens is 114 g/mol. The fraction of sp³-hybridized carbons (Fsp3) is 0.571. The lowest BCUT2D eigenvalue weighted by molar-refractivity contribution is -0.117. The molecule has 9 heavy (non-hydrogen) atoms. The summed E-state index contributed by atoms with van der Waals surface area (Å²) in [5.74, 6) is 0.260. The van der Waals surface area contributed by atoms with Crippen LogP contribution >= 0.6 is 0 Å². The molecule has 0 aromatic carbocycles. The highest BCUT2D eigenvalue weighted by Crippen LogP contribution is 2.04. The molecule has 0 fully saturated rings. The van der Waals surface area contributed by atoms with E-state index >= 15 is 0 Å². The lowest BCUT2D eigenvalue weighted by atomic mass is 10.1. The number of ketones is 1. The van der Waals surface area contributed by atoms with Crippen molar-refractivity contribution in [1.29, 1.82) is 0 Å². The Morgan fingerprint density at radius 1 is 1.89 bits per heavy atom. The number of rotatable bonds is 2. The second-order valence-electron chi connectivity index (χ2n) is 2.41. The molecule has 1 heterocycles. The number of nitrogens with one attached hydrogen (secondary N) is 1. The summed E-state index contributed by atoms with van der Waals surface area (Å²) in [6.45, 7) is 1.62. The van der Waals surface area contributed by atoms with Gasteiger partial charge in [0.25, 0.3) is 0 Å². The Labute approximate surface area is 54.9 Å². The van der Waals surface area contributed by atoms with Crippen molar-refractivity contribution in [2.75, 3.05) is 0 Å². The van der Waals surface area contributed by atoms with E-state index in [-0.39, 0.29) is 5.78 Å². The molecule has 0 aromatic rings. The maximum Gasteiger partial charge on any atom is 0.131 e. The smallest absolute Gasteiger partial charge is 0.131 e. The van der Waals surface area contributed by atoms with Crippen LogP contribution in [0.2, 0.25) is 0 Å². The molecular formula is C7H11NO. The van der Waals surface area contributed by atoms with Crippen molar-refractivity contribution >= 4 is 5.78 Å². The second kappa shape index (κ2) is 2.67. The van der Waals surface area contributed by atoms with Crippen molar-refractivity contribution in [2.45, 2.75) is 25.8 Å². The summed E-state index contributed by atoms with van der Waals surface area (Å²) < 4.78 is 0. The second-order valence-corrected chi connectivity index (χ2v) is 2.41. The molecule has 0 saturated heterocycles. The van der Waals surface area contributed by atoms with Crippen LogP contribution in [0.3, 0.4) is 0 Å². The minimum Gasteiger partial charge on any atom is -0.388 e. The van der Waals surface area contributed by atoms with Crippen molar-refractivity contribution in [3.8, 4) is 0 Å². The van der Waals surface area contributed by atoms with Gasteiger partial charge < -0.3 is 5.32 Å². The van der Waals surface area contributed by atoms with Crippen molar-refractivity contribution in [1.82, 2.24) is 5.32 Å². The standard InChI is InChI=1S/C7H11NO/c1-6(9)5-7-3-2-4-8-7/h2,4,7-8H,3,5H2,1H3. The average Bonchev–Trinajstić information content (AvgIpc) is 2.15. The summed E-state index contributed by atoms with van der Waals surface area (Å²) >= 11 is 0. The Hall–Kier alpha value is -0.790. The minimum atomic E-state index is 0.260. The fourth-order valence-electron chi connectivity index (χ4n) is 0.994. The highest BCUT2D eigenvalue weighted by atomic mass is 16.1. The van der Waals surface area contributed by atoms with Crippen LogP contribution < -0.4 is 5.32 Å². The third-order valence-corrected chi connectivity index (χ3v) is 1.40. The molecule has 1 aliphatic heterocycles. The van der Waals surface area contributed by atoms with Gasteiger partial charge in [-0.15, -0.1) is 0 Å². The summed E-state index contributed by atoms with van der Waals surface area (Å²) in [5, 5.41) is 3.09. The van der Waals surface area contributed by atoms with E-state index in [0.717, 1.165) is 6.42 Å². The highest BCUT2D eigenvalue weighted by Gasteiger charge is 2.10. The van der Waals surface area contributed by atoms with Crippen LogP contribution in [-0.4, -0.2) is 11.8 Å². The number of hydrogen-bond acceptors (Lipinski definition) is 2. The van der Waals surface area contributed by atoms with E-state index in [9.17, 15) is 4.79 Å². The number of carbonyl (C=O) groups excluding carboxylic acids is 1. The Morgan fingerprint density at radius 2 is 2.67 bits per heavy atom. The molecule has 1 N–H and O–H groups in total. The number of carbonyl (C=O) groups is 1. The SMILES string of the molecule is CC(=O)CC1CC=CN1. The summed E-state index contributed by atoms with van der Waals surface area (Å²) in [6.07, 6.45) is 5.62. The van der Waals surface area contributed by atoms with Gasteiger partial charge in [0.1, 0.15) is 5.78 Å². The van der Waals surface area contributed by atoms with E-state index in [1.54, 1.807) is 6.92 Å². The molecule has 1 unspecified atom stereocenters. The molecule has 0 saturated carbocycles. The van der Waals surface area contributed by atoms with Gasteiger partial charge in [0, 0.05) is 12.5 Å². The van der Waals surface area contributed by atoms with Crippen molar-refractivity contribution < 1.29 is 4.79 Å². The van der Waals surface area contributed by atoms with E-state index < -0.39 is 0 Å². The first-order chi connectivity index (χ1) is 4.29. The first-order valence-electron chi connectivity index (χ1n) is 3.19. The fourth-order valence-corrected chi connectivity index (χ4v) is 0.994. The van der Waals surface area contributed by atoms with Crippen molar-refractivity contribution in [3.05, 3.63) is 12.3 Å². The van der Waals surface area contributed by atoms with Crippen molar-refractivity contribution in [3.63, 3.8) is 0 Å². The zero-order valence-electron chi connectivity index (χ0n) is 5.55. The topological polar surface area (TPSA) is 29.1 Å². The lowest BCUT2D eigenvalue weighted by Gasteiger charge is -2.06. The van der Waals surface area contributed by atoms with Crippen LogP contribution in [0.15, 0.2) is 12.3 Å². The first kappa shape index (κ1) is 6.33. The highest BCUT2D eigenvalue weighted by molar-refractivity contribution is 5.76. The predicted octanol–water partition coefficient (Wildman–Crippen LogP) is 0.841. The molecule has 1 atom stereocenters. The monoisotopic (exact) mass is 125 g/mol. The largest absolute Gasteiger partial charge is 0.388 e. The zero-order valence-corrected chi connectivity index (χ0v) is 5.55. The third kappa shape index (κ3) is 1.88. The molecule has 0 spiro atoms. The Kier molecular flexibility index (Phi) is 1.88. The summed E-state index contributed by atoms with van der Waals surface area (Å²) in [4.78, 5) is 10.5. The Balaban J connectivity index is 2.22. The molecule has 0 amide bonds. The van der Waals surface area contributed by atoms with E-state index in [1.165, 1.54) is 0 Å². The van der Waals surface area contributed by atoms with Crippen LogP contribution in [0, 0.1) is 0 Å². The number of hydrogen-bond donors (Lipinski definition) is 1. The van der Waals surface area contributed by atoms with Crippen LogP contribution in [0.1, 0.15) is 19.8 Å². The van der Waals surface area contributed by atoms with Gasteiger partial charge in [0.05, 0.1) is 0 Å². The van der Waals surface area contributed by atoms with E-state index in [1.807, 2.05) is 12.3 Å². The molecule has 1 rings (SSSR count). The van der Waals surface area contributed by atoms with Gasteiger partial charge in [-0.25, -0.2) is 0 Å². The molecule has 2 nitrogen and oxygen atoms in total. The van der Waals surface area contributed by atoms with E-state index in [2.05, 4.69) is 5.32 Å². The summed E-state index contributed by atoms with van der Waals surface area (Å²) in [6, 6.07) is 0.377. The lowest BCUT2D eigenvalue weighted by Crippen LogP contribution is -2.21. The quantitative estimate of drug-likeness (QED) is 0.592. The van der Waals surface area contributed by atoms with Gasteiger partial charge in [-0.1, -0.05) is 6.08 Å². The summed E-state index contributed by atoms with van der Waals surface area (Å²) in [7, 11) is 0. The Bertz CT molecular complexity index is 132. The van der Waals surface area contributed by atoms with E-state index in [0.29, 0.717) is 12.5 Å². The van der Waals surface area contributed by atoms with Gasteiger partial charge in [0.2, 0.25) is 0 Å². The molecule has 0 aliphatic carbocycles. The van der Waals surface area contributed by atoms with Gasteiger partial charge in [-0.3, -0.25) is 4.79 Å². The van der Waals surface area contributed by atoms with Crippen LogP contribution in [0.4, 0.5) is 0 Å². The van der Waals surface area contributed by atoms with Gasteiger partial charge in [-0.2, -0.15) is 0 Å². The van der Waals surface area contributed by atoms with Crippen LogP contribution in [-0.2, 0) is 4.79 Å². The normalized spacial score (nSPS) is 23.9. The molecule has 0 aromatic heterocycles. The van der Waals surface area contributed by atoms with Crippen molar-refractivity contribution in [2.24, 2.45) is 0 Å². The maximum atomic E-state index is 10.5. The van der Waals surface area contributed by atoms with Crippen LogP contribution in [0.5, 0.6) is 0 Å². The first-order valence-corrected chi connectivity index (χ1v) is 3.19. The van der Waals surface area contributed by atoms with Gasteiger partial charge >= 0.3 is 0 Å². The third-order valence-electron chi connectivity index (χ3n) is 1.40.